The van der Waals surface area contributed by atoms with Crippen molar-refractivity contribution >= 4 is 40.0 Å². The molecule has 1 N–H and O–H groups in total. The molecular weight excluding hydrogens is 614 g/mol. The highest BCUT2D eigenvalue weighted by Crippen LogP contribution is 2.38. The van der Waals surface area contributed by atoms with Crippen molar-refractivity contribution in [2.45, 2.75) is 39.5 Å². The molecule has 0 atom stereocenters. The largest absolute Gasteiger partial charge is 0.444 e. The molecule has 6 rings (SSSR count). The van der Waals surface area contributed by atoms with Gasteiger partial charge in [0.2, 0.25) is 5.91 Å². The summed E-state index contributed by atoms with van der Waals surface area (Å²) in [4.78, 5) is 46.7. The molecule has 1 aliphatic heterocycles. The zero-order chi connectivity index (χ0) is 33.3. The molecular formula is C32H32F2N8O5. The van der Waals surface area contributed by atoms with Crippen molar-refractivity contribution in [3.05, 3.63) is 72.8 Å². The zero-order valence-electron chi connectivity index (χ0n) is 25.9. The Kier molecular flexibility index (Phi) is 8.45. The van der Waals surface area contributed by atoms with Gasteiger partial charge in [-0.3, -0.25) is 14.3 Å². The summed E-state index contributed by atoms with van der Waals surface area (Å²) >= 11 is 0. The second-order valence-electron chi connectivity index (χ2n) is 11.9. The summed E-state index contributed by atoms with van der Waals surface area (Å²) in [7, 11) is 0. The van der Waals surface area contributed by atoms with Crippen LogP contribution in [0.5, 0.6) is 5.75 Å². The first-order valence-corrected chi connectivity index (χ1v) is 14.9. The van der Waals surface area contributed by atoms with Gasteiger partial charge in [-0.25, -0.2) is 14.3 Å². The van der Waals surface area contributed by atoms with E-state index < -0.39 is 24.2 Å². The highest BCUT2D eigenvalue weighted by molar-refractivity contribution is 6.09. The van der Waals surface area contributed by atoms with Crippen molar-refractivity contribution in [3.63, 3.8) is 0 Å². The van der Waals surface area contributed by atoms with Gasteiger partial charge in [-0.2, -0.15) is 19.0 Å². The number of amides is 3. The molecule has 2 aromatic carbocycles. The fourth-order valence-electron chi connectivity index (χ4n) is 5.27. The molecule has 1 saturated heterocycles. The minimum absolute atomic E-state index is 0.117. The van der Waals surface area contributed by atoms with Crippen molar-refractivity contribution in [2.75, 3.05) is 31.5 Å². The second-order valence-corrected chi connectivity index (χ2v) is 11.9. The third-order valence-electron chi connectivity index (χ3n) is 7.43. The smallest absolute Gasteiger partial charge is 0.410 e. The average molecular weight is 647 g/mol. The molecule has 15 heteroatoms. The predicted octanol–water partition coefficient (Wildman–Crippen LogP) is 4.68. The monoisotopic (exact) mass is 646 g/mol. The highest BCUT2D eigenvalue weighted by atomic mass is 19.3. The quantitative estimate of drug-likeness (QED) is 0.269. The van der Waals surface area contributed by atoms with Crippen LogP contribution < -0.4 is 10.1 Å². The van der Waals surface area contributed by atoms with Crippen molar-refractivity contribution in [1.29, 1.82) is 0 Å². The number of fused-ring (bicyclic) bond motifs is 2. The molecule has 5 aromatic rings. The number of nitrogens with zero attached hydrogens (tertiary/aromatic N) is 7. The molecule has 0 saturated carbocycles. The van der Waals surface area contributed by atoms with Gasteiger partial charge in [0.05, 0.1) is 11.9 Å². The molecule has 3 aromatic heterocycles. The number of aromatic nitrogens is 5. The SMILES string of the molecule is CC(C)(C)OC(=O)N1CCN(C(=O)Cn2cc(NC(=O)c3cnn4cccnc34)c(-c3cc4ccccc4cc3OC(F)F)n2)CC1. The molecule has 13 nitrogen and oxygen atoms in total. The first kappa shape index (κ1) is 31.4. The van der Waals surface area contributed by atoms with E-state index in [1.54, 1.807) is 67.1 Å². The van der Waals surface area contributed by atoms with E-state index in [2.05, 4.69) is 20.5 Å². The Morgan fingerprint density at radius 1 is 1.00 bits per heavy atom. The molecule has 1 aliphatic rings. The predicted molar refractivity (Wildman–Crippen MR) is 167 cm³/mol. The first-order chi connectivity index (χ1) is 22.4. The van der Waals surface area contributed by atoms with E-state index in [-0.39, 0.29) is 53.8 Å². The Balaban J connectivity index is 1.30. The standard InChI is InChI=1S/C32H32F2N8O5/c1-32(2,3)47-31(45)40-13-11-39(12-14-40)26(43)19-41-18-24(37-29(44)23-17-36-42-10-6-9-35-28(23)42)27(38-41)22-15-20-7-4-5-8-21(20)16-25(22)46-30(33)34/h4-10,15-18,30H,11-14,19H2,1-3H3,(H,37,44). The number of carbonyl (C=O) groups is 3. The van der Waals surface area contributed by atoms with Crippen molar-refractivity contribution < 1.29 is 32.6 Å². The van der Waals surface area contributed by atoms with Gasteiger partial charge < -0.3 is 24.6 Å². The van der Waals surface area contributed by atoms with Gasteiger partial charge in [0.25, 0.3) is 5.91 Å². The van der Waals surface area contributed by atoms with Crippen molar-refractivity contribution in [2.24, 2.45) is 0 Å². The lowest BCUT2D eigenvalue weighted by Gasteiger charge is -2.35. The van der Waals surface area contributed by atoms with Gasteiger partial charge in [-0.05, 0) is 49.7 Å². The maximum Gasteiger partial charge on any atom is 0.410 e. The van der Waals surface area contributed by atoms with E-state index in [4.69, 9.17) is 9.47 Å². The average Bonchev–Trinajstić information content (AvgIpc) is 3.63. The van der Waals surface area contributed by atoms with Crippen molar-refractivity contribution in [3.8, 4) is 17.0 Å². The maximum atomic E-state index is 13.6. The Bertz CT molecular complexity index is 1960. The molecule has 0 bridgehead atoms. The number of alkyl halides is 2. The number of piperazine rings is 1. The van der Waals surface area contributed by atoms with Crippen LogP contribution in [0.2, 0.25) is 0 Å². The molecule has 4 heterocycles. The lowest BCUT2D eigenvalue weighted by atomic mass is 10.0. The summed E-state index contributed by atoms with van der Waals surface area (Å²) in [6.45, 7) is 3.19. The highest BCUT2D eigenvalue weighted by Gasteiger charge is 2.29. The summed E-state index contributed by atoms with van der Waals surface area (Å²) in [5.74, 6) is -1.00. The molecule has 3 amide bonds. The van der Waals surface area contributed by atoms with Gasteiger partial charge in [0.1, 0.15) is 29.2 Å². The zero-order valence-corrected chi connectivity index (χ0v) is 25.9. The number of carbonyl (C=O) groups excluding carboxylic acids is 3. The Morgan fingerprint density at radius 3 is 2.40 bits per heavy atom. The first-order valence-electron chi connectivity index (χ1n) is 14.9. The van der Waals surface area contributed by atoms with Gasteiger partial charge in [-0.15, -0.1) is 0 Å². The molecule has 244 valence electrons. The van der Waals surface area contributed by atoms with Crippen LogP contribution in [0, 0.1) is 0 Å². The lowest BCUT2D eigenvalue weighted by molar-refractivity contribution is -0.133. The van der Waals surface area contributed by atoms with Crippen LogP contribution in [0.1, 0.15) is 31.1 Å². The number of nitrogens with one attached hydrogen (secondary N) is 1. The van der Waals surface area contributed by atoms with E-state index in [1.807, 2.05) is 6.07 Å². The van der Waals surface area contributed by atoms with Crippen LogP contribution in [0.25, 0.3) is 27.7 Å². The second kappa shape index (κ2) is 12.7. The number of halogens is 2. The van der Waals surface area contributed by atoms with Gasteiger partial charge >= 0.3 is 12.7 Å². The summed E-state index contributed by atoms with van der Waals surface area (Å²) in [5, 5.41) is 12.9. The Hall–Kier alpha value is -5.60. The number of anilines is 1. The molecule has 0 spiro atoms. The van der Waals surface area contributed by atoms with Crippen LogP contribution in [-0.2, 0) is 16.1 Å². The summed E-state index contributed by atoms with van der Waals surface area (Å²) in [5.41, 5.74) is 0.309. The van der Waals surface area contributed by atoms with Crippen LogP contribution in [0.4, 0.5) is 19.3 Å². The molecule has 1 fully saturated rings. The molecule has 0 unspecified atom stereocenters. The molecule has 0 aliphatic carbocycles. The number of benzene rings is 2. The third-order valence-corrected chi connectivity index (χ3v) is 7.43. The lowest BCUT2D eigenvalue weighted by Crippen LogP contribution is -2.52. The number of hydrogen-bond donors (Lipinski definition) is 1. The summed E-state index contributed by atoms with van der Waals surface area (Å²) < 4.78 is 40.3. The topological polar surface area (TPSA) is 136 Å². The Morgan fingerprint density at radius 2 is 1.70 bits per heavy atom. The fraction of sp³-hybridized carbons (Fsp3) is 0.312. The van der Waals surface area contributed by atoms with Crippen LogP contribution in [0.15, 0.2) is 67.3 Å². The van der Waals surface area contributed by atoms with E-state index in [0.717, 1.165) is 5.39 Å². The van der Waals surface area contributed by atoms with E-state index >= 15 is 0 Å². The van der Waals surface area contributed by atoms with Crippen molar-refractivity contribution in [1.82, 2.24) is 34.2 Å². The third kappa shape index (κ3) is 6.98. The summed E-state index contributed by atoms with van der Waals surface area (Å²) in [6.07, 6.45) is 5.55. The minimum Gasteiger partial charge on any atom is -0.444 e. The molecule has 47 heavy (non-hydrogen) atoms. The number of rotatable bonds is 7. The van der Waals surface area contributed by atoms with Gasteiger partial charge in [0.15, 0.2) is 5.65 Å². The number of ether oxygens (including phenoxy) is 2. The van der Waals surface area contributed by atoms with Gasteiger partial charge in [0, 0.05) is 50.3 Å². The van der Waals surface area contributed by atoms with E-state index in [1.165, 1.54) is 33.9 Å². The minimum atomic E-state index is -3.12. The van der Waals surface area contributed by atoms with Gasteiger partial charge in [-0.1, -0.05) is 24.3 Å². The van der Waals surface area contributed by atoms with E-state index in [0.29, 0.717) is 24.1 Å². The number of hydrogen-bond acceptors (Lipinski definition) is 8. The van der Waals surface area contributed by atoms with Crippen LogP contribution in [-0.4, -0.2) is 90.5 Å². The van der Waals surface area contributed by atoms with E-state index in [9.17, 15) is 23.2 Å². The van der Waals surface area contributed by atoms with Crippen LogP contribution >= 0.6 is 0 Å². The summed E-state index contributed by atoms with van der Waals surface area (Å²) in [6, 6.07) is 11.9. The Labute approximate surface area is 267 Å². The molecule has 0 radical (unpaired) electrons. The maximum absolute atomic E-state index is 13.6. The fourth-order valence-corrected chi connectivity index (χ4v) is 5.27. The van der Waals surface area contributed by atoms with Crippen LogP contribution in [0.3, 0.4) is 0 Å². The normalized spacial score (nSPS) is 13.7.